The molecular formula is C27H38N8O5S. The second-order valence-electron chi connectivity index (χ2n) is 11.0. The Kier molecular flexibility index (Phi) is 8.19. The van der Waals surface area contributed by atoms with Crippen molar-refractivity contribution in [3.05, 3.63) is 35.0 Å². The van der Waals surface area contributed by atoms with E-state index in [0.29, 0.717) is 73.3 Å². The van der Waals surface area contributed by atoms with Gasteiger partial charge in [-0.15, -0.1) is 10.2 Å². The molecule has 0 saturated carbocycles. The van der Waals surface area contributed by atoms with E-state index in [-0.39, 0.29) is 17.2 Å². The van der Waals surface area contributed by atoms with E-state index in [4.69, 9.17) is 9.72 Å². The van der Waals surface area contributed by atoms with E-state index in [2.05, 4.69) is 20.1 Å². The van der Waals surface area contributed by atoms with E-state index >= 15 is 0 Å². The number of aliphatic hydroxyl groups is 1. The highest BCUT2D eigenvalue weighted by molar-refractivity contribution is 7.89. The Morgan fingerprint density at radius 2 is 1.85 bits per heavy atom. The van der Waals surface area contributed by atoms with E-state index in [1.165, 1.54) is 15.0 Å². The van der Waals surface area contributed by atoms with Crippen LogP contribution in [0.5, 0.6) is 5.75 Å². The number of unbranched alkanes of at least 4 members (excludes halogenated alkanes) is 1. The maximum atomic E-state index is 13.8. The molecule has 0 amide bonds. The molecule has 2 N–H and O–H groups in total. The monoisotopic (exact) mass is 586 g/mol. The summed E-state index contributed by atoms with van der Waals surface area (Å²) in [5, 5.41) is 17.8. The van der Waals surface area contributed by atoms with Gasteiger partial charge in [-0.3, -0.25) is 9.47 Å². The lowest BCUT2D eigenvalue weighted by Gasteiger charge is -2.42. The molecule has 0 atom stereocenters. The molecule has 0 spiro atoms. The number of rotatable bonds is 11. The normalized spacial score (nSPS) is 15.7. The molecule has 13 nitrogen and oxygen atoms in total. The van der Waals surface area contributed by atoms with Gasteiger partial charge in [0.25, 0.3) is 0 Å². The van der Waals surface area contributed by atoms with Crippen LogP contribution in [0.25, 0.3) is 28.2 Å². The van der Waals surface area contributed by atoms with Crippen LogP contribution < -0.4 is 10.4 Å². The standard InChI is InChI=1S/C27H38N8O5S/c1-5-7-10-34-24-22(25-31-28-18-35(25)26(34)37)29-23(30-24)20-16-19(8-9-21(20)40-15-6-2)41(38,39)33-13-11-32(12-14-33)27(3,4)17-36/h8-9,16,18,36H,5-7,10-15,17H2,1-4H3,(H,29,30). The second kappa shape index (κ2) is 11.5. The number of nitrogens with one attached hydrogen (secondary N) is 1. The Hall–Kier alpha value is -3.33. The minimum absolute atomic E-state index is 0.00671. The maximum Gasteiger partial charge on any atom is 0.336 e. The van der Waals surface area contributed by atoms with Gasteiger partial charge in [0.1, 0.15) is 23.4 Å². The fraction of sp³-hybridized carbons (Fsp3) is 0.556. The lowest BCUT2D eigenvalue weighted by Crippen LogP contribution is -2.56. The van der Waals surface area contributed by atoms with Crippen LogP contribution in [0.1, 0.15) is 47.0 Å². The van der Waals surface area contributed by atoms with Gasteiger partial charge in [-0.25, -0.2) is 22.6 Å². The zero-order valence-electron chi connectivity index (χ0n) is 24.0. The van der Waals surface area contributed by atoms with Crippen LogP contribution in [-0.4, -0.2) is 96.8 Å². The molecule has 0 aliphatic carbocycles. The van der Waals surface area contributed by atoms with Crippen molar-refractivity contribution in [3.8, 4) is 17.1 Å². The van der Waals surface area contributed by atoms with Gasteiger partial charge >= 0.3 is 5.69 Å². The number of ether oxygens (including phenoxy) is 1. The molecule has 4 aromatic rings. The molecule has 222 valence electrons. The third-order valence-electron chi connectivity index (χ3n) is 7.67. The van der Waals surface area contributed by atoms with Crippen LogP contribution in [0.2, 0.25) is 0 Å². The maximum absolute atomic E-state index is 13.8. The van der Waals surface area contributed by atoms with Gasteiger partial charge < -0.3 is 14.8 Å². The van der Waals surface area contributed by atoms with Gasteiger partial charge in [0.2, 0.25) is 10.0 Å². The van der Waals surface area contributed by atoms with Gasteiger partial charge in [0.15, 0.2) is 11.3 Å². The van der Waals surface area contributed by atoms with Gasteiger partial charge in [-0.05, 0) is 44.9 Å². The SMILES string of the molecule is CCCCn1c(=O)n2cnnc2c2[nH]c(-c3cc(S(=O)(=O)N4CCN(C(C)(C)CO)CC4)ccc3OCCC)nc21. The Balaban J connectivity index is 1.58. The quantitative estimate of drug-likeness (QED) is 0.269. The number of aromatic amines is 1. The van der Waals surface area contributed by atoms with Gasteiger partial charge in [0.05, 0.1) is 23.7 Å². The van der Waals surface area contributed by atoms with Crippen molar-refractivity contribution in [1.29, 1.82) is 0 Å². The number of fused-ring (bicyclic) bond motifs is 3. The van der Waals surface area contributed by atoms with Crippen LogP contribution in [0.4, 0.5) is 0 Å². The van der Waals surface area contributed by atoms with Crippen molar-refractivity contribution in [2.24, 2.45) is 0 Å². The Morgan fingerprint density at radius 1 is 1.10 bits per heavy atom. The summed E-state index contributed by atoms with van der Waals surface area (Å²) in [6.45, 7) is 10.5. The third kappa shape index (κ3) is 5.36. The average Bonchev–Trinajstić information content (AvgIpc) is 3.64. The van der Waals surface area contributed by atoms with Crippen molar-refractivity contribution in [2.75, 3.05) is 39.4 Å². The van der Waals surface area contributed by atoms with E-state index in [1.807, 2.05) is 27.7 Å². The highest BCUT2D eigenvalue weighted by Gasteiger charge is 2.34. The Morgan fingerprint density at radius 3 is 2.54 bits per heavy atom. The van der Waals surface area contributed by atoms with Crippen LogP contribution in [0, 0.1) is 0 Å². The number of hydrogen-bond acceptors (Lipinski definition) is 9. The van der Waals surface area contributed by atoms with Crippen molar-refractivity contribution in [1.82, 2.24) is 38.3 Å². The first-order chi connectivity index (χ1) is 19.6. The fourth-order valence-electron chi connectivity index (χ4n) is 5.10. The van der Waals surface area contributed by atoms with Crippen LogP contribution in [0.15, 0.2) is 34.2 Å². The predicted molar refractivity (Wildman–Crippen MR) is 155 cm³/mol. The van der Waals surface area contributed by atoms with Crippen LogP contribution >= 0.6 is 0 Å². The zero-order valence-corrected chi connectivity index (χ0v) is 24.8. The Labute approximate surface area is 238 Å². The molecule has 3 aromatic heterocycles. The van der Waals surface area contributed by atoms with Gasteiger partial charge in [-0.1, -0.05) is 20.3 Å². The minimum Gasteiger partial charge on any atom is -0.493 e. The summed E-state index contributed by atoms with van der Waals surface area (Å²) in [7, 11) is -3.82. The summed E-state index contributed by atoms with van der Waals surface area (Å²) < 4.78 is 38.0. The lowest BCUT2D eigenvalue weighted by atomic mass is 10.0. The molecule has 1 aromatic carbocycles. The van der Waals surface area contributed by atoms with Crippen molar-refractivity contribution >= 4 is 26.8 Å². The number of hydrogen-bond donors (Lipinski definition) is 2. The summed E-state index contributed by atoms with van der Waals surface area (Å²) in [5.74, 6) is 0.859. The molecule has 1 aliphatic heterocycles. The molecule has 41 heavy (non-hydrogen) atoms. The third-order valence-corrected chi connectivity index (χ3v) is 9.57. The number of aliphatic hydroxyl groups excluding tert-OH is 1. The zero-order chi connectivity index (χ0) is 29.4. The van der Waals surface area contributed by atoms with Crippen LogP contribution in [0.3, 0.4) is 0 Å². The highest BCUT2D eigenvalue weighted by Crippen LogP contribution is 2.34. The molecule has 5 rings (SSSR count). The smallest absolute Gasteiger partial charge is 0.336 e. The molecule has 1 fully saturated rings. The summed E-state index contributed by atoms with van der Waals surface area (Å²) >= 11 is 0. The predicted octanol–water partition coefficient (Wildman–Crippen LogP) is 2.10. The van der Waals surface area contributed by atoms with Crippen molar-refractivity contribution in [2.45, 2.75) is 63.9 Å². The molecule has 1 aliphatic rings. The summed E-state index contributed by atoms with van der Waals surface area (Å²) in [6.07, 6.45) is 3.83. The first kappa shape index (κ1) is 29.2. The summed E-state index contributed by atoms with van der Waals surface area (Å²) in [6, 6.07) is 4.80. The van der Waals surface area contributed by atoms with Crippen molar-refractivity contribution in [3.63, 3.8) is 0 Å². The number of piperazine rings is 1. The van der Waals surface area contributed by atoms with E-state index in [9.17, 15) is 18.3 Å². The summed E-state index contributed by atoms with van der Waals surface area (Å²) in [5.41, 5.74) is 1.08. The number of benzene rings is 1. The molecule has 0 radical (unpaired) electrons. The molecule has 4 heterocycles. The molecule has 0 unspecified atom stereocenters. The number of H-pyrrole nitrogens is 1. The number of nitrogens with zero attached hydrogens (tertiary/aromatic N) is 7. The fourth-order valence-corrected chi connectivity index (χ4v) is 6.55. The first-order valence-corrected chi connectivity index (χ1v) is 15.5. The first-order valence-electron chi connectivity index (χ1n) is 14.1. The molecule has 0 bridgehead atoms. The van der Waals surface area contributed by atoms with E-state index in [0.717, 1.165) is 19.3 Å². The summed E-state index contributed by atoms with van der Waals surface area (Å²) in [4.78, 5) is 23.5. The topological polar surface area (TPSA) is 151 Å². The molecule has 1 saturated heterocycles. The number of aryl methyl sites for hydroxylation is 1. The Bertz CT molecular complexity index is 1700. The largest absolute Gasteiger partial charge is 0.493 e. The van der Waals surface area contributed by atoms with E-state index in [1.54, 1.807) is 22.8 Å². The lowest BCUT2D eigenvalue weighted by molar-refractivity contribution is 0.0334. The van der Waals surface area contributed by atoms with Gasteiger partial charge in [-0.2, -0.15) is 4.31 Å². The highest BCUT2D eigenvalue weighted by atomic mass is 32.2. The number of sulfonamides is 1. The van der Waals surface area contributed by atoms with E-state index < -0.39 is 15.6 Å². The van der Waals surface area contributed by atoms with Gasteiger partial charge in [0, 0.05) is 38.3 Å². The van der Waals surface area contributed by atoms with Crippen LogP contribution in [-0.2, 0) is 16.6 Å². The minimum atomic E-state index is -3.82. The molecular weight excluding hydrogens is 548 g/mol. The number of imidazole rings is 1. The number of aromatic nitrogens is 6. The van der Waals surface area contributed by atoms with Crippen molar-refractivity contribution < 1.29 is 18.3 Å². The second-order valence-corrected chi connectivity index (χ2v) is 12.9. The molecule has 14 heteroatoms. The average molecular weight is 587 g/mol.